The maximum absolute atomic E-state index is 11.9. The van der Waals surface area contributed by atoms with Gasteiger partial charge in [-0.2, -0.15) is 13.2 Å². The number of alkyl halides is 3. The summed E-state index contributed by atoms with van der Waals surface area (Å²) in [7, 11) is 0. The normalized spacial score (nSPS) is 15.7. The standard InChI is InChI=1S/C13H16F3N3O3/c14-13(15,16)9-22-8-12(20)18-11-2-1-10(7-17-11)19-3-5-21-6-4-19/h1-2,7H,3-6,8-9H2,(H,17,18,20). The lowest BCUT2D eigenvalue weighted by molar-refractivity contribution is -0.174. The van der Waals surface area contributed by atoms with Crippen LogP contribution in [0.2, 0.25) is 0 Å². The molecule has 1 aromatic rings. The first-order valence-electron chi connectivity index (χ1n) is 6.67. The summed E-state index contributed by atoms with van der Waals surface area (Å²) in [6, 6.07) is 3.37. The number of morpholine rings is 1. The Morgan fingerprint density at radius 3 is 2.68 bits per heavy atom. The largest absolute Gasteiger partial charge is 0.411 e. The molecule has 1 saturated heterocycles. The molecule has 6 nitrogen and oxygen atoms in total. The average molecular weight is 319 g/mol. The first kappa shape index (κ1) is 16.5. The highest BCUT2D eigenvalue weighted by Crippen LogP contribution is 2.17. The van der Waals surface area contributed by atoms with Crippen LogP contribution in [0.1, 0.15) is 0 Å². The average Bonchev–Trinajstić information content (AvgIpc) is 2.47. The number of hydrogen-bond donors (Lipinski definition) is 1. The minimum atomic E-state index is -4.45. The zero-order valence-corrected chi connectivity index (χ0v) is 11.7. The lowest BCUT2D eigenvalue weighted by Gasteiger charge is -2.28. The Morgan fingerprint density at radius 2 is 2.09 bits per heavy atom. The maximum atomic E-state index is 11.9. The van der Waals surface area contributed by atoms with E-state index in [1.807, 2.05) is 0 Å². The van der Waals surface area contributed by atoms with Crippen LogP contribution >= 0.6 is 0 Å². The molecule has 0 aromatic carbocycles. The molecule has 0 unspecified atom stereocenters. The van der Waals surface area contributed by atoms with Gasteiger partial charge in [-0.25, -0.2) is 4.98 Å². The Labute approximate surface area is 125 Å². The zero-order valence-electron chi connectivity index (χ0n) is 11.7. The number of halogens is 3. The van der Waals surface area contributed by atoms with Crippen LogP contribution in [0.5, 0.6) is 0 Å². The number of ether oxygens (including phenoxy) is 2. The van der Waals surface area contributed by atoms with Crippen molar-refractivity contribution in [3.8, 4) is 0 Å². The maximum Gasteiger partial charge on any atom is 0.411 e. The van der Waals surface area contributed by atoms with Crippen LogP contribution in [0.15, 0.2) is 18.3 Å². The highest BCUT2D eigenvalue weighted by Gasteiger charge is 2.27. The van der Waals surface area contributed by atoms with Crippen LogP contribution in [0.3, 0.4) is 0 Å². The molecule has 1 fully saturated rings. The first-order valence-corrected chi connectivity index (χ1v) is 6.67. The van der Waals surface area contributed by atoms with Crippen molar-refractivity contribution in [3.05, 3.63) is 18.3 Å². The van der Waals surface area contributed by atoms with Gasteiger partial charge in [0.2, 0.25) is 0 Å². The summed E-state index contributed by atoms with van der Waals surface area (Å²) in [4.78, 5) is 17.6. The number of pyridine rings is 1. The molecule has 9 heteroatoms. The van der Waals surface area contributed by atoms with E-state index in [9.17, 15) is 18.0 Å². The summed E-state index contributed by atoms with van der Waals surface area (Å²) >= 11 is 0. The van der Waals surface area contributed by atoms with E-state index in [0.29, 0.717) is 13.2 Å². The molecule has 22 heavy (non-hydrogen) atoms. The second kappa shape index (κ2) is 7.41. The summed E-state index contributed by atoms with van der Waals surface area (Å²) in [6.07, 6.45) is -2.85. The van der Waals surface area contributed by atoms with E-state index >= 15 is 0 Å². The number of amides is 1. The van der Waals surface area contributed by atoms with E-state index in [-0.39, 0.29) is 5.82 Å². The zero-order chi connectivity index (χ0) is 16.0. The quantitative estimate of drug-likeness (QED) is 0.890. The Bertz CT molecular complexity index is 488. The fraction of sp³-hybridized carbons (Fsp3) is 0.538. The summed E-state index contributed by atoms with van der Waals surface area (Å²) in [5.41, 5.74) is 0.898. The van der Waals surface area contributed by atoms with E-state index in [1.54, 1.807) is 18.3 Å². The molecule has 1 N–H and O–H groups in total. The minimum Gasteiger partial charge on any atom is -0.378 e. The molecule has 2 rings (SSSR count). The van der Waals surface area contributed by atoms with E-state index < -0.39 is 25.3 Å². The topological polar surface area (TPSA) is 63.7 Å². The Hall–Kier alpha value is -1.87. The lowest BCUT2D eigenvalue weighted by Crippen LogP contribution is -2.36. The van der Waals surface area contributed by atoms with Gasteiger partial charge in [-0.1, -0.05) is 0 Å². The molecule has 1 amide bonds. The molecule has 1 aliphatic heterocycles. The number of rotatable bonds is 5. The van der Waals surface area contributed by atoms with E-state index in [4.69, 9.17) is 4.74 Å². The van der Waals surface area contributed by atoms with Gasteiger partial charge in [0.05, 0.1) is 25.1 Å². The third-order valence-corrected chi connectivity index (χ3v) is 2.89. The van der Waals surface area contributed by atoms with Gasteiger partial charge in [0.1, 0.15) is 19.0 Å². The van der Waals surface area contributed by atoms with Gasteiger partial charge in [0.15, 0.2) is 0 Å². The van der Waals surface area contributed by atoms with Crippen LogP contribution in [-0.4, -0.2) is 56.6 Å². The number of anilines is 2. The summed E-state index contributed by atoms with van der Waals surface area (Å²) < 4.78 is 45.1. The molecule has 0 bridgehead atoms. The SMILES string of the molecule is O=C(COCC(F)(F)F)Nc1ccc(N2CCOCC2)cn1. The van der Waals surface area contributed by atoms with Gasteiger partial charge < -0.3 is 19.7 Å². The highest BCUT2D eigenvalue weighted by molar-refractivity contribution is 5.90. The van der Waals surface area contributed by atoms with Crippen molar-refractivity contribution in [1.29, 1.82) is 0 Å². The van der Waals surface area contributed by atoms with Gasteiger partial charge >= 0.3 is 6.18 Å². The highest BCUT2D eigenvalue weighted by atomic mass is 19.4. The van der Waals surface area contributed by atoms with Gasteiger partial charge in [-0.3, -0.25) is 4.79 Å². The third kappa shape index (κ3) is 5.49. The number of carbonyl (C=O) groups is 1. The van der Waals surface area contributed by atoms with Crippen molar-refractivity contribution in [2.75, 3.05) is 49.7 Å². The number of nitrogens with one attached hydrogen (secondary N) is 1. The van der Waals surface area contributed by atoms with Crippen LogP contribution < -0.4 is 10.2 Å². The van der Waals surface area contributed by atoms with E-state index in [2.05, 4.69) is 19.9 Å². The van der Waals surface area contributed by atoms with Crippen molar-refractivity contribution in [3.63, 3.8) is 0 Å². The third-order valence-electron chi connectivity index (χ3n) is 2.89. The smallest absolute Gasteiger partial charge is 0.378 e. The Kier molecular flexibility index (Phi) is 5.56. The number of carbonyl (C=O) groups excluding carboxylic acids is 1. The first-order chi connectivity index (χ1) is 10.4. The van der Waals surface area contributed by atoms with E-state index in [0.717, 1.165) is 18.8 Å². The molecular formula is C13H16F3N3O3. The van der Waals surface area contributed by atoms with Crippen molar-refractivity contribution >= 4 is 17.4 Å². The van der Waals surface area contributed by atoms with Crippen molar-refractivity contribution < 1.29 is 27.4 Å². The van der Waals surface area contributed by atoms with Gasteiger partial charge in [-0.05, 0) is 12.1 Å². The van der Waals surface area contributed by atoms with Crippen molar-refractivity contribution in [2.24, 2.45) is 0 Å². The molecule has 2 heterocycles. The van der Waals surface area contributed by atoms with Crippen LogP contribution in [-0.2, 0) is 14.3 Å². The van der Waals surface area contributed by atoms with Crippen LogP contribution in [0.4, 0.5) is 24.7 Å². The molecule has 0 atom stereocenters. The van der Waals surface area contributed by atoms with Crippen LogP contribution in [0, 0.1) is 0 Å². The van der Waals surface area contributed by atoms with Crippen molar-refractivity contribution in [1.82, 2.24) is 4.98 Å². The number of aromatic nitrogens is 1. The number of hydrogen-bond acceptors (Lipinski definition) is 5. The molecule has 122 valence electrons. The van der Waals surface area contributed by atoms with Crippen LogP contribution in [0.25, 0.3) is 0 Å². The van der Waals surface area contributed by atoms with Gasteiger partial charge in [-0.15, -0.1) is 0 Å². The molecule has 1 aromatic heterocycles. The summed E-state index contributed by atoms with van der Waals surface area (Å²) in [5.74, 6) is -0.423. The fourth-order valence-electron chi connectivity index (χ4n) is 1.91. The van der Waals surface area contributed by atoms with Crippen molar-refractivity contribution in [2.45, 2.75) is 6.18 Å². The lowest BCUT2D eigenvalue weighted by atomic mass is 10.3. The molecule has 0 saturated carbocycles. The fourth-order valence-corrected chi connectivity index (χ4v) is 1.91. The summed E-state index contributed by atoms with van der Waals surface area (Å²) in [5, 5.41) is 2.37. The monoisotopic (exact) mass is 319 g/mol. The predicted molar refractivity (Wildman–Crippen MR) is 72.8 cm³/mol. The Balaban J connectivity index is 1.79. The predicted octanol–water partition coefficient (Wildman–Crippen LogP) is 1.44. The minimum absolute atomic E-state index is 0.262. The second-order valence-corrected chi connectivity index (χ2v) is 4.66. The van der Waals surface area contributed by atoms with Gasteiger partial charge in [0.25, 0.3) is 5.91 Å². The molecule has 0 spiro atoms. The number of nitrogens with zero attached hydrogens (tertiary/aromatic N) is 2. The molecule has 0 aliphatic carbocycles. The van der Waals surface area contributed by atoms with E-state index in [1.165, 1.54) is 0 Å². The molecule has 1 aliphatic rings. The summed E-state index contributed by atoms with van der Waals surface area (Å²) in [6.45, 7) is 0.692. The molecular weight excluding hydrogens is 303 g/mol. The van der Waals surface area contributed by atoms with Gasteiger partial charge in [0, 0.05) is 13.1 Å². The Morgan fingerprint density at radius 1 is 1.36 bits per heavy atom. The second-order valence-electron chi connectivity index (χ2n) is 4.66. The molecule has 0 radical (unpaired) electrons.